The van der Waals surface area contributed by atoms with E-state index >= 15 is 0 Å². The summed E-state index contributed by atoms with van der Waals surface area (Å²) in [5.41, 5.74) is 0. The second-order valence-electron chi connectivity index (χ2n) is 4.31. The molecule has 22 heavy (non-hydrogen) atoms. The van der Waals surface area contributed by atoms with Crippen LogP contribution in [-0.4, -0.2) is 27.2 Å². The topological polar surface area (TPSA) is 66.0 Å². The monoisotopic (exact) mass is 396 g/mol. The second-order valence-corrected chi connectivity index (χ2v) is 7.23. The molecule has 0 spiro atoms. The molecule has 114 valence electrons. The average Bonchev–Trinajstić information content (AvgIpc) is 3.14. The predicted molar refractivity (Wildman–Crippen MR) is 93.8 cm³/mol. The highest BCUT2D eigenvalue weighted by atomic mass is 79.9. The van der Waals surface area contributed by atoms with Crippen molar-refractivity contribution in [2.24, 2.45) is 0 Å². The fourth-order valence-electron chi connectivity index (χ4n) is 1.80. The molecule has 2 heterocycles. The Morgan fingerprint density at radius 2 is 2.18 bits per heavy atom. The molecule has 0 amide bonds. The van der Waals surface area contributed by atoms with Crippen LogP contribution in [0.4, 0.5) is 0 Å². The number of benzene rings is 1. The third-order valence-electron chi connectivity index (χ3n) is 2.79. The summed E-state index contributed by atoms with van der Waals surface area (Å²) in [5.74, 6) is 8.30. The van der Waals surface area contributed by atoms with E-state index in [1.54, 1.807) is 11.3 Å². The van der Waals surface area contributed by atoms with Gasteiger partial charge in [-0.15, -0.1) is 21.5 Å². The molecule has 0 bridgehead atoms. The number of thiophene rings is 1. The Morgan fingerprint density at radius 3 is 2.95 bits per heavy atom. The summed E-state index contributed by atoms with van der Waals surface area (Å²) in [6.45, 7) is 0.572. The van der Waals surface area contributed by atoms with Crippen LogP contribution in [-0.2, 0) is 0 Å². The van der Waals surface area contributed by atoms with Crippen molar-refractivity contribution in [3.63, 3.8) is 0 Å². The molecule has 0 aliphatic rings. The molecule has 0 aliphatic heterocycles. The van der Waals surface area contributed by atoms with Gasteiger partial charge in [-0.1, -0.05) is 39.8 Å². The summed E-state index contributed by atoms with van der Waals surface area (Å²) in [6.07, 6.45) is 0. The maximum atomic E-state index is 6.04. The number of hydrogen-bond donors (Lipinski definition) is 1. The second kappa shape index (κ2) is 7.17. The molecular formula is C14H13BrN4OS2. The van der Waals surface area contributed by atoms with Gasteiger partial charge in [-0.25, -0.2) is 4.68 Å². The van der Waals surface area contributed by atoms with Crippen LogP contribution in [0.3, 0.4) is 0 Å². The summed E-state index contributed by atoms with van der Waals surface area (Å²) in [5, 5.41) is 10.9. The van der Waals surface area contributed by atoms with E-state index in [2.05, 4.69) is 26.1 Å². The van der Waals surface area contributed by atoms with E-state index in [1.165, 1.54) is 16.4 Å². The van der Waals surface area contributed by atoms with Crippen LogP contribution < -0.4 is 10.6 Å². The third-order valence-corrected chi connectivity index (χ3v) is 5.05. The van der Waals surface area contributed by atoms with E-state index < -0.39 is 0 Å². The lowest BCUT2D eigenvalue weighted by Crippen LogP contribution is -2.12. The molecule has 2 aromatic heterocycles. The maximum absolute atomic E-state index is 6.04. The van der Waals surface area contributed by atoms with Crippen LogP contribution in [0.2, 0.25) is 0 Å². The van der Waals surface area contributed by atoms with Gasteiger partial charge in [-0.2, -0.15) is 0 Å². The Hall–Kier alpha value is -1.51. The average molecular weight is 397 g/mol. The number of halogens is 1. The molecule has 8 heteroatoms. The van der Waals surface area contributed by atoms with Gasteiger partial charge in [0.25, 0.3) is 0 Å². The van der Waals surface area contributed by atoms with Crippen molar-refractivity contribution >= 4 is 39.0 Å². The highest BCUT2D eigenvalue weighted by Gasteiger charge is 2.12. The van der Waals surface area contributed by atoms with Crippen LogP contribution in [0.1, 0.15) is 0 Å². The van der Waals surface area contributed by atoms with Gasteiger partial charge in [0.1, 0.15) is 5.75 Å². The highest BCUT2D eigenvalue weighted by molar-refractivity contribution is 9.10. The molecule has 5 nitrogen and oxygen atoms in total. The van der Waals surface area contributed by atoms with Gasteiger partial charge in [0.15, 0.2) is 5.82 Å². The lowest BCUT2D eigenvalue weighted by Gasteiger charge is -2.06. The number of nitrogen functional groups attached to an aromatic ring is 1. The number of aromatic nitrogens is 3. The zero-order valence-corrected chi connectivity index (χ0v) is 14.7. The molecule has 2 N–H and O–H groups in total. The van der Waals surface area contributed by atoms with E-state index in [0.717, 1.165) is 20.9 Å². The van der Waals surface area contributed by atoms with Crippen LogP contribution >= 0.6 is 39.0 Å². The summed E-state index contributed by atoms with van der Waals surface area (Å²) >= 11 is 6.53. The number of ether oxygens (including phenoxy) is 1. The first-order valence-corrected chi connectivity index (χ1v) is 9.15. The first-order valence-electron chi connectivity index (χ1n) is 6.49. The lowest BCUT2D eigenvalue weighted by molar-refractivity contribution is 0.343. The van der Waals surface area contributed by atoms with Gasteiger partial charge in [-0.3, -0.25) is 0 Å². The number of nitrogens with zero attached hydrogens (tertiary/aromatic N) is 3. The Bertz CT molecular complexity index is 745. The smallest absolute Gasteiger partial charge is 0.210 e. The summed E-state index contributed by atoms with van der Waals surface area (Å²) in [4.78, 5) is 1.01. The number of nitrogens with two attached hydrogens (primary N) is 1. The minimum absolute atomic E-state index is 0.572. The first-order chi connectivity index (χ1) is 10.7. The molecule has 0 unspecified atom stereocenters. The minimum atomic E-state index is 0.572. The fraction of sp³-hybridized carbons (Fsp3) is 0.143. The maximum Gasteiger partial charge on any atom is 0.210 e. The molecular weight excluding hydrogens is 384 g/mol. The van der Waals surface area contributed by atoms with Crippen LogP contribution in [0.5, 0.6) is 5.75 Å². The predicted octanol–water partition coefficient (Wildman–Crippen LogP) is 3.65. The summed E-state index contributed by atoms with van der Waals surface area (Å²) < 4.78 is 8.20. The van der Waals surface area contributed by atoms with E-state index in [1.807, 2.05) is 41.8 Å². The first kappa shape index (κ1) is 15.4. The molecule has 0 fully saturated rings. The van der Waals surface area contributed by atoms with Gasteiger partial charge in [0.05, 0.1) is 11.5 Å². The minimum Gasteiger partial charge on any atom is -0.493 e. The molecule has 1 aromatic carbocycles. The Morgan fingerprint density at radius 1 is 1.27 bits per heavy atom. The standard InChI is InChI=1S/C14H13BrN4OS2/c15-10-3-1-4-11(9-10)20-6-8-22-14-18-17-13(19(14)16)12-5-2-7-21-12/h1-5,7,9H,6,8,16H2. The highest BCUT2D eigenvalue weighted by Crippen LogP contribution is 2.25. The van der Waals surface area contributed by atoms with Crippen LogP contribution in [0.15, 0.2) is 51.4 Å². The quantitative estimate of drug-likeness (QED) is 0.391. The van der Waals surface area contributed by atoms with Crippen molar-refractivity contribution in [2.75, 3.05) is 18.2 Å². The number of thioether (sulfide) groups is 1. The molecule has 0 radical (unpaired) electrons. The molecule has 0 aliphatic carbocycles. The van der Waals surface area contributed by atoms with E-state index in [0.29, 0.717) is 17.6 Å². The van der Waals surface area contributed by atoms with E-state index in [-0.39, 0.29) is 0 Å². The Kier molecular flexibility index (Phi) is 5.01. The molecule has 0 atom stereocenters. The fourth-order valence-corrected chi connectivity index (χ4v) is 3.56. The van der Waals surface area contributed by atoms with Gasteiger partial charge in [0.2, 0.25) is 5.16 Å². The molecule has 3 rings (SSSR count). The zero-order chi connectivity index (χ0) is 15.4. The normalized spacial score (nSPS) is 10.8. The summed E-state index contributed by atoms with van der Waals surface area (Å²) in [7, 11) is 0. The van der Waals surface area contributed by atoms with Crippen molar-refractivity contribution in [3.05, 3.63) is 46.3 Å². The van der Waals surface area contributed by atoms with Gasteiger partial charge in [-0.05, 0) is 29.6 Å². The third kappa shape index (κ3) is 3.63. The Balaban J connectivity index is 1.54. The molecule has 3 aromatic rings. The van der Waals surface area contributed by atoms with Gasteiger partial charge >= 0.3 is 0 Å². The zero-order valence-electron chi connectivity index (χ0n) is 11.5. The number of hydrogen-bond acceptors (Lipinski definition) is 6. The molecule has 0 saturated carbocycles. The van der Waals surface area contributed by atoms with Crippen molar-refractivity contribution < 1.29 is 4.74 Å². The molecule has 0 saturated heterocycles. The van der Waals surface area contributed by atoms with Crippen molar-refractivity contribution in [3.8, 4) is 16.5 Å². The van der Waals surface area contributed by atoms with E-state index in [4.69, 9.17) is 10.6 Å². The van der Waals surface area contributed by atoms with Crippen molar-refractivity contribution in [1.29, 1.82) is 0 Å². The van der Waals surface area contributed by atoms with Gasteiger partial charge < -0.3 is 10.6 Å². The van der Waals surface area contributed by atoms with Crippen molar-refractivity contribution in [1.82, 2.24) is 14.9 Å². The Labute approximate surface area is 144 Å². The van der Waals surface area contributed by atoms with E-state index in [9.17, 15) is 0 Å². The lowest BCUT2D eigenvalue weighted by atomic mass is 10.3. The van der Waals surface area contributed by atoms with Crippen LogP contribution in [0, 0.1) is 0 Å². The largest absolute Gasteiger partial charge is 0.493 e. The number of rotatable bonds is 6. The van der Waals surface area contributed by atoms with Crippen molar-refractivity contribution in [2.45, 2.75) is 5.16 Å². The SMILES string of the molecule is Nn1c(SCCOc2cccc(Br)c2)nnc1-c1cccs1. The van der Waals surface area contributed by atoms with Gasteiger partial charge in [0, 0.05) is 10.2 Å². The summed E-state index contributed by atoms with van der Waals surface area (Å²) in [6, 6.07) is 11.7. The van der Waals surface area contributed by atoms with Crippen LogP contribution in [0.25, 0.3) is 10.7 Å².